The lowest BCUT2D eigenvalue weighted by atomic mass is 9.96. The van der Waals surface area contributed by atoms with E-state index in [1.54, 1.807) is 0 Å². The van der Waals surface area contributed by atoms with Crippen LogP contribution in [0.25, 0.3) is 0 Å². The molecule has 2 rings (SSSR count). The van der Waals surface area contributed by atoms with E-state index in [1.807, 2.05) is 43.0 Å². The molecule has 1 aliphatic carbocycles. The molecule has 1 fully saturated rings. The fourth-order valence-corrected chi connectivity index (χ4v) is 2.88. The highest BCUT2D eigenvalue weighted by Crippen LogP contribution is 2.18. The van der Waals surface area contributed by atoms with E-state index >= 15 is 0 Å². The first-order valence-corrected chi connectivity index (χ1v) is 7.98. The van der Waals surface area contributed by atoms with Crippen LogP contribution >= 0.6 is 0 Å². The van der Waals surface area contributed by atoms with E-state index in [1.165, 1.54) is 19.3 Å². The Kier molecular flexibility index (Phi) is 5.48. The lowest BCUT2D eigenvalue weighted by Crippen LogP contribution is -2.47. The molecule has 0 spiro atoms. The summed E-state index contributed by atoms with van der Waals surface area (Å²) in [4.78, 5) is 14.4. The number of nitrogens with two attached hydrogens (primary N) is 1. The zero-order valence-corrected chi connectivity index (χ0v) is 13.1. The first-order chi connectivity index (χ1) is 10.1. The molecule has 4 nitrogen and oxygen atoms in total. The number of hydrogen-bond acceptors (Lipinski definition) is 2. The Bertz CT molecular complexity index is 467. The third kappa shape index (κ3) is 4.66. The fourth-order valence-electron chi connectivity index (χ4n) is 2.88. The van der Waals surface area contributed by atoms with Crippen molar-refractivity contribution in [1.82, 2.24) is 10.2 Å². The van der Waals surface area contributed by atoms with Crippen LogP contribution in [0.1, 0.15) is 51.5 Å². The van der Waals surface area contributed by atoms with Crippen LogP contribution in [0.3, 0.4) is 0 Å². The molecule has 0 heterocycles. The minimum absolute atomic E-state index is 0.0410. The summed E-state index contributed by atoms with van der Waals surface area (Å²) < 4.78 is 0. The second kappa shape index (κ2) is 7.34. The average Bonchev–Trinajstić information content (AvgIpc) is 2.45. The number of carbonyl (C=O) groups excluding carboxylic acids is 1. The molecule has 1 saturated carbocycles. The summed E-state index contributed by atoms with van der Waals surface area (Å²) >= 11 is 0. The van der Waals surface area contributed by atoms with Crippen molar-refractivity contribution in [2.24, 2.45) is 0 Å². The second-order valence-corrected chi connectivity index (χ2v) is 6.25. The molecule has 0 unspecified atom stereocenters. The molecule has 4 heteroatoms. The van der Waals surface area contributed by atoms with Gasteiger partial charge in [-0.3, -0.25) is 0 Å². The van der Waals surface area contributed by atoms with Crippen molar-refractivity contribution in [3.05, 3.63) is 29.8 Å². The first-order valence-electron chi connectivity index (χ1n) is 7.98. The zero-order chi connectivity index (χ0) is 15.2. The predicted octanol–water partition coefficient (Wildman–Crippen LogP) is 3.52. The topological polar surface area (TPSA) is 58.4 Å². The van der Waals surface area contributed by atoms with Gasteiger partial charge in [0, 0.05) is 24.3 Å². The van der Waals surface area contributed by atoms with Crippen molar-refractivity contribution in [3.63, 3.8) is 0 Å². The standard InChI is InChI=1S/C17H27N3O/c1-13(2)20(12-14-7-6-8-15(18)11-14)17(21)19-16-9-4-3-5-10-16/h6-8,11,13,16H,3-5,9-10,12,18H2,1-2H3,(H,19,21). The van der Waals surface area contributed by atoms with Gasteiger partial charge in [-0.05, 0) is 44.4 Å². The number of benzene rings is 1. The maximum Gasteiger partial charge on any atom is 0.318 e. The predicted molar refractivity (Wildman–Crippen MR) is 86.9 cm³/mol. The highest BCUT2D eigenvalue weighted by atomic mass is 16.2. The first kappa shape index (κ1) is 15.7. The lowest BCUT2D eigenvalue weighted by Gasteiger charge is -2.31. The van der Waals surface area contributed by atoms with Crippen LogP contribution in [0.2, 0.25) is 0 Å². The molecule has 0 aliphatic heterocycles. The normalized spacial score (nSPS) is 16.0. The zero-order valence-electron chi connectivity index (χ0n) is 13.1. The number of nitrogens with one attached hydrogen (secondary N) is 1. The second-order valence-electron chi connectivity index (χ2n) is 6.25. The van der Waals surface area contributed by atoms with E-state index < -0.39 is 0 Å². The SMILES string of the molecule is CC(C)N(Cc1cccc(N)c1)C(=O)NC1CCCCC1. The Labute approximate surface area is 127 Å². The summed E-state index contributed by atoms with van der Waals surface area (Å²) in [7, 11) is 0. The van der Waals surface area contributed by atoms with Gasteiger partial charge in [0.2, 0.25) is 0 Å². The number of anilines is 1. The summed E-state index contributed by atoms with van der Waals surface area (Å²) in [5.74, 6) is 0. The van der Waals surface area contributed by atoms with Crippen molar-refractivity contribution in [3.8, 4) is 0 Å². The van der Waals surface area contributed by atoms with Crippen molar-refractivity contribution in [2.45, 2.75) is 64.6 Å². The van der Waals surface area contributed by atoms with Gasteiger partial charge in [0.25, 0.3) is 0 Å². The minimum Gasteiger partial charge on any atom is -0.399 e. The van der Waals surface area contributed by atoms with Crippen molar-refractivity contribution < 1.29 is 4.79 Å². The largest absolute Gasteiger partial charge is 0.399 e. The van der Waals surface area contributed by atoms with E-state index in [4.69, 9.17) is 5.73 Å². The van der Waals surface area contributed by atoms with Gasteiger partial charge in [0.05, 0.1) is 0 Å². The lowest BCUT2D eigenvalue weighted by molar-refractivity contribution is 0.172. The van der Waals surface area contributed by atoms with Gasteiger partial charge in [-0.25, -0.2) is 4.79 Å². The van der Waals surface area contributed by atoms with Crippen LogP contribution < -0.4 is 11.1 Å². The highest BCUT2D eigenvalue weighted by Gasteiger charge is 2.21. The number of urea groups is 1. The Balaban J connectivity index is 1.98. The number of nitrogens with zero attached hydrogens (tertiary/aromatic N) is 1. The molecular formula is C17H27N3O. The molecule has 0 saturated heterocycles. The fraction of sp³-hybridized carbons (Fsp3) is 0.588. The Morgan fingerprint density at radius 1 is 1.33 bits per heavy atom. The Hall–Kier alpha value is -1.71. The molecular weight excluding hydrogens is 262 g/mol. The van der Waals surface area contributed by atoms with Gasteiger partial charge < -0.3 is 16.0 Å². The smallest absolute Gasteiger partial charge is 0.318 e. The molecule has 0 aromatic heterocycles. The summed E-state index contributed by atoms with van der Waals surface area (Å²) in [6.45, 7) is 4.70. The summed E-state index contributed by atoms with van der Waals surface area (Å²) in [6, 6.07) is 8.29. The number of carbonyl (C=O) groups is 1. The molecule has 1 aromatic carbocycles. The Morgan fingerprint density at radius 2 is 2.05 bits per heavy atom. The van der Waals surface area contributed by atoms with Crippen LogP contribution in [0, 0.1) is 0 Å². The van der Waals surface area contributed by atoms with Gasteiger partial charge >= 0.3 is 6.03 Å². The van der Waals surface area contributed by atoms with Crippen LogP contribution in [-0.4, -0.2) is 23.0 Å². The van der Waals surface area contributed by atoms with E-state index in [-0.39, 0.29) is 12.1 Å². The van der Waals surface area contributed by atoms with E-state index in [0.717, 1.165) is 24.1 Å². The summed E-state index contributed by atoms with van der Waals surface area (Å²) in [5, 5.41) is 3.19. The molecule has 116 valence electrons. The van der Waals surface area contributed by atoms with Gasteiger partial charge in [-0.15, -0.1) is 0 Å². The molecule has 0 atom stereocenters. The monoisotopic (exact) mass is 289 g/mol. The van der Waals surface area contributed by atoms with Crippen molar-refractivity contribution in [1.29, 1.82) is 0 Å². The van der Waals surface area contributed by atoms with Gasteiger partial charge in [0.15, 0.2) is 0 Å². The van der Waals surface area contributed by atoms with Crippen molar-refractivity contribution in [2.75, 3.05) is 5.73 Å². The maximum absolute atomic E-state index is 12.5. The third-order valence-corrected chi connectivity index (χ3v) is 4.12. The van der Waals surface area contributed by atoms with E-state index in [2.05, 4.69) is 5.32 Å². The molecule has 3 N–H and O–H groups in total. The van der Waals surface area contributed by atoms with Crippen LogP contribution in [0.5, 0.6) is 0 Å². The number of nitrogen functional groups attached to an aromatic ring is 1. The van der Waals surface area contributed by atoms with Crippen molar-refractivity contribution >= 4 is 11.7 Å². The molecule has 1 aromatic rings. The highest BCUT2D eigenvalue weighted by molar-refractivity contribution is 5.75. The third-order valence-electron chi connectivity index (χ3n) is 4.12. The number of amides is 2. The van der Waals surface area contributed by atoms with E-state index in [0.29, 0.717) is 12.6 Å². The van der Waals surface area contributed by atoms with Crippen LogP contribution in [0.15, 0.2) is 24.3 Å². The average molecular weight is 289 g/mol. The molecule has 1 aliphatic rings. The number of hydrogen-bond donors (Lipinski definition) is 2. The Morgan fingerprint density at radius 3 is 2.67 bits per heavy atom. The molecule has 21 heavy (non-hydrogen) atoms. The molecule has 0 radical (unpaired) electrons. The van der Waals surface area contributed by atoms with E-state index in [9.17, 15) is 4.79 Å². The van der Waals surface area contributed by atoms with Gasteiger partial charge in [-0.1, -0.05) is 31.4 Å². The minimum atomic E-state index is 0.0410. The van der Waals surface area contributed by atoms with Crippen LogP contribution in [0.4, 0.5) is 10.5 Å². The quantitative estimate of drug-likeness (QED) is 0.833. The molecule has 2 amide bonds. The summed E-state index contributed by atoms with van der Waals surface area (Å²) in [5.41, 5.74) is 7.63. The summed E-state index contributed by atoms with van der Waals surface area (Å²) in [6.07, 6.45) is 5.96. The van der Waals surface area contributed by atoms with Gasteiger partial charge in [-0.2, -0.15) is 0 Å². The number of rotatable bonds is 4. The maximum atomic E-state index is 12.5. The van der Waals surface area contributed by atoms with Crippen LogP contribution in [-0.2, 0) is 6.54 Å². The van der Waals surface area contributed by atoms with Gasteiger partial charge in [0.1, 0.15) is 0 Å². The molecule has 0 bridgehead atoms.